The van der Waals surface area contributed by atoms with E-state index in [9.17, 15) is 0 Å². The summed E-state index contributed by atoms with van der Waals surface area (Å²) < 4.78 is 0. The van der Waals surface area contributed by atoms with Gasteiger partial charge in [0, 0.05) is 0 Å². The molecular weight excluding hydrogens is 290 g/mol. The molecule has 16 heteroatoms. The summed E-state index contributed by atoms with van der Waals surface area (Å²) in [5, 5.41) is 46.9. The summed E-state index contributed by atoms with van der Waals surface area (Å²) in [6.45, 7) is 0. The van der Waals surface area contributed by atoms with Crippen LogP contribution in [0.3, 0.4) is 0 Å². The Hall–Kier alpha value is -2.00. The maximum absolute atomic E-state index is 8.64. The minimum Gasteiger partial charge on any atom is -0.694 e. The van der Waals surface area contributed by atoms with Crippen LogP contribution >= 0.6 is 0 Å². The molecule has 0 rings (SSSR count). The summed E-state index contributed by atoms with van der Waals surface area (Å²) in [7, 11) is 0. The molecule has 16 heavy (non-hydrogen) atoms. The zero-order valence-electron chi connectivity index (χ0n) is 6.59. The van der Waals surface area contributed by atoms with E-state index in [1.165, 1.54) is 0 Å². The van der Waals surface area contributed by atoms with Crippen LogP contribution in [0.1, 0.15) is 0 Å². The summed E-state index contributed by atoms with van der Waals surface area (Å²) in [6, 6.07) is 0. The molecule has 0 saturated carbocycles. The van der Waals surface area contributed by atoms with Gasteiger partial charge in [0.1, 0.15) is 0 Å². The van der Waals surface area contributed by atoms with Crippen LogP contribution in [0.25, 0.3) is 0 Å². The molecule has 0 aliphatic heterocycles. The standard InChI is InChI=1S/Fe.3HNO4/c;3*2-1(3)5-4/h;3*4H/q+3;;;/p-3. The van der Waals surface area contributed by atoms with Crippen molar-refractivity contribution in [2.45, 2.75) is 0 Å². The van der Waals surface area contributed by atoms with Crippen LogP contribution in [0.5, 0.6) is 0 Å². The Balaban J connectivity index is -0.0000000655. The van der Waals surface area contributed by atoms with Crippen molar-refractivity contribution in [3.8, 4) is 0 Å². The minimum absolute atomic E-state index is 0. The summed E-state index contributed by atoms with van der Waals surface area (Å²) in [5.41, 5.74) is 0. The zero-order valence-corrected chi connectivity index (χ0v) is 7.70. The Kier molecular flexibility index (Phi) is 27.7. The number of rotatable bonds is 3. The molecule has 0 bridgehead atoms. The van der Waals surface area contributed by atoms with Gasteiger partial charge in [-0.3, -0.25) is 0 Å². The number of nitrogens with zero attached hydrogens (tertiary/aromatic N) is 3. The van der Waals surface area contributed by atoms with Crippen molar-refractivity contribution in [3.05, 3.63) is 30.3 Å². The van der Waals surface area contributed by atoms with Crippen molar-refractivity contribution in [1.82, 2.24) is 0 Å². The van der Waals surface area contributed by atoms with E-state index in [2.05, 4.69) is 15.0 Å². The molecule has 15 nitrogen and oxygen atoms in total. The Morgan fingerprint density at radius 1 is 0.625 bits per heavy atom. The molecule has 0 amide bonds. The van der Waals surface area contributed by atoms with Gasteiger partial charge in [-0.15, -0.1) is 30.3 Å². The predicted molar refractivity (Wildman–Crippen MR) is 24.2 cm³/mol. The fourth-order valence-corrected chi connectivity index (χ4v) is 0. The first-order valence-corrected chi connectivity index (χ1v) is 2.14. The molecular formula is FeN3O12. The van der Waals surface area contributed by atoms with Gasteiger partial charge in [-0.25, -0.2) is 0 Å². The maximum Gasteiger partial charge on any atom is 3.00 e. The van der Waals surface area contributed by atoms with E-state index in [0.717, 1.165) is 0 Å². The van der Waals surface area contributed by atoms with Gasteiger partial charge in [-0.2, -0.15) is 0 Å². The van der Waals surface area contributed by atoms with Crippen LogP contribution in [-0.4, -0.2) is 15.3 Å². The van der Waals surface area contributed by atoms with Crippen LogP contribution in [0, 0.1) is 30.3 Å². The molecule has 0 spiro atoms. The first-order chi connectivity index (χ1) is 6.81. The van der Waals surface area contributed by atoms with Gasteiger partial charge >= 0.3 is 17.1 Å². The van der Waals surface area contributed by atoms with Crippen molar-refractivity contribution < 1.29 is 63.1 Å². The van der Waals surface area contributed by atoms with Crippen molar-refractivity contribution >= 4 is 0 Å². The van der Waals surface area contributed by atoms with Crippen LogP contribution < -0.4 is 15.8 Å². The average molecular weight is 290 g/mol. The van der Waals surface area contributed by atoms with Crippen molar-refractivity contribution in [1.29, 1.82) is 0 Å². The molecule has 0 aliphatic rings. The van der Waals surface area contributed by atoms with E-state index in [1.807, 2.05) is 0 Å². The molecule has 0 N–H and O–H groups in total. The molecule has 1 radical (unpaired) electrons. The van der Waals surface area contributed by atoms with Crippen LogP contribution in [-0.2, 0) is 32.0 Å². The molecule has 0 aromatic heterocycles. The largest absolute Gasteiger partial charge is 3.00 e. The fourth-order valence-electron chi connectivity index (χ4n) is 0. The zero-order chi connectivity index (χ0) is 12.9. The van der Waals surface area contributed by atoms with Crippen LogP contribution in [0.4, 0.5) is 0 Å². The summed E-state index contributed by atoms with van der Waals surface area (Å²) >= 11 is 0. The Bertz CT molecular complexity index is 155. The number of hydrogen-bond donors (Lipinski definition) is 0. The molecule has 0 heterocycles. The molecule has 0 fully saturated rings. The quantitative estimate of drug-likeness (QED) is 0.207. The third-order valence-electron chi connectivity index (χ3n) is 0.183. The first-order valence-electron chi connectivity index (χ1n) is 2.14. The van der Waals surface area contributed by atoms with Gasteiger partial charge < -0.3 is 30.7 Å². The third-order valence-corrected chi connectivity index (χ3v) is 0.183. The van der Waals surface area contributed by atoms with Gasteiger partial charge in [0.25, 0.3) is 15.3 Å². The maximum atomic E-state index is 8.64. The van der Waals surface area contributed by atoms with Crippen molar-refractivity contribution in [3.63, 3.8) is 0 Å². The fraction of sp³-hybridized carbons (Fsp3) is 0. The third kappa shape index (κ3) is 90.8. The average Bonchev–Trinajstić information content (AvgIpc) is 2.19. The molecule has 95 valence electrons. The van der Waals surface area contributed by atoms with Crippen LogP contribution in [0.15, 0.2) is 0 Å². The second-order valence-electron chi connectivity index (χ2n) is 0.894. The molecule has 0 atom stereocenters. The van der Waals surface area contributed by atoms with Gasteiger partial charge in [0.05, 0.1) is 0 Å². The molecule has 0 unspecified atom stereocenters. The number of hydrogen-bond acceptors (Lipinski definition) is 12. The van der Waals surface area contributed by atoms with Gasteiger partial charge in [-0.1, -0.05) is 0 Å². The minimum atomic E-state index is -1.43. The second-order valence-corrected chi connectivity index (χ2v) is 0.894. The van der Waals surface area contributed by atoms with Crippen molar-refractivity contribution in [2.75, 3.05) is 0 Å². The summed E-state index contributed by atoms with van der Waals surface area (Å²) in [5.74, 6) is 0. The smallest absolute Gasteiger partial charge is 0.694 e. The van der Waals surface area contributed by atoms with Gasteiger partial charge in [-0.05, 0) is 0 Å². The van der Waals surface area contributed by atoms with E-state index in [4.69, 9.17) is 46.1 Å². The van der Waals surface area contributed by atoms with Crippen molar-refractivity contribution in [2.24, 2.45) is 0 Å². The SMILES string of the molecule is O=[N+]([O-])O[O-].O=[N+]([O-])O[O-].O=[N+]([O-])O[O-].[Fe+3]. The second kappa shape index (κ2) is 18.7. The van der Waals surface area contributed by atoms with E-state index in [1.54, 1.807) is 0 Å². The Morgan fingerprint density at radius 2 is 0.688 bits per heavy atom. The predicted octanol–water partition coefficient (Wildman–Crippen LogP) is -4.59. The van der Waals surface area contributed by atoms with E-state index >= 15 is 0 Å². The summed E-state index contributed by atoms with van der Waals surface area (Å²) in [4.78, 5) is 32.6. The van der Waals surface area contributed by atoms with Gasteiger partial charge in [0.15, 0.2) is 0 Å². The first kappa shape index (κ1) is 23.7. The topological polar surface area (TPSA) is 226 Å². The molecule has 0 aromatic rings. The molecule has 0 aromatic carbocycles. The van der Waals surface area contributed by atoms with E-state index < -0.39 is 15.3 Å². The normalized spacial score (nSPS) is 6.19. The Labute approximate surface area is 94.3 Å². The van der Waals surface area contributed by atoms with E-state index in [-0.39, 0.29) is 17.1 Å². The Morgan fingerprint density at radius 3 is 0.688 bits per heavy atom. The monoisotopic (exact) mass is 290 g/mol. The van der Waals surface area contributed by atoms with E-state index in [0.29, 0.717) is 0 Å². The summed E-state index contributed by atoms with van der Waals surface area (Å²) in [6.07, 6.45) is 0. The molecule has 0 aliphatic carbocycles. The molecule has 0 saturated heterocycles. The van der Waals surface area contributed by atoms with Gasteiger partial charge in [0.2, 0.25) is 0 Å². The van der Waals surface area contributed by atoms with Crippen LogP contribution in [0.2, 0.25) is 0 Å².